The van der Waals surface area contributed by atoms with Crippen LogP contribution in [0.5, 0.6) is 0 Å². The van der Waals surface area contributed by atoms with Crippen LogP contribution in [0.3, 0.4) is 0 Å². The van der Waals surface area contributed by atoms with Crippen molar-refractivity contribution >= 4 is 0 Å². The smallest absolute Gasteiger partial charge is 0.0383 e. The molecule has 7 atom stereocenters. The van der Waals surface area contributed by atoms with Crippen LogP contribution >= 0.6 is 0 Å². The van der Waals surface area contributed by atoms with Gasteiger partial charge in [0.2, 0.25) is 0 Å². The monoisotopic (exact) mass is 336 g/mol. The van der Waals surface area contributed by atoms with Gasteiger partial charge in [0, 0.05) is 0 Å². The molecule has 1 saturated carbocycles. The Hall–Kier alpha value is 0. The first-order valence-electron chi connectivity index (χ1n) is 11.4. The quantitative estimate of drug-likeness (QED) is 0.336. The number of hydrogen-bond donors (Lipinski definition) is 0. The van der Waals surface area contributed by atoms with Crippen LogP contribution in [-0.2, 0) is 0 Å². The fourth-order valence-electron chi connectivity index (χ4n) is 5.09. The van der Waals surface area contributed by atoms with Gasteiger partial charge in [-0.15, -0.1) is 0 Å². The van der Waals surface area contributed by atoms with E-state index in [1.54, 1.807) is 0 Å². The van der Waals surface area contributed by atoms with Gasteiger partial charge < -0.3 is 0 Å². The van der Waals surface area contributed by atoms with Crippen LogP contribution in [-0.4, -0.2) is 0 Å². The Morgan fingerprint density at radius 2 is 1.58 bits per heavy atom. The molecule has 1 aliphatic rings. The first kappa shape index (κ1) is 22.0. The minimum atomic E-state index is 0.909. The average Bonchev–Trinajstić information content (AvgIpc) is 2.87. The molecule has 0 aromatic carbocycles. The van der Waals surface area contributed by atoms with Gasteiger partial charge >= 0.3 is 0 Å². The third kappa shape index (κ3) is 7.49. The van der Waals surface area contributed by atoms with Gasteiger partial charge in [-0.2, -0.15) is 0 Å². The van der Waals surface area contributed by atoms with E-state index in [0.717, 1.165) is 41.4 Å². The predicted octanol–water partition coefficient (Wildman–Crippen LogP) is 8.35. The molecule has 0 bridgehead atoms. The third-order valence-electron chi connectivity index (χ3n) is 7.57. The highest BCUT2D eigenvalue weighted by Crippen LogP contribution is 2.41. The van der Waals surface area contributed by atoms with Crippen molar-refractivity contribution in [2.24, 2.45) is 41.4 Å². The third-order valence-corrected chi connectivity index (χ3v) is 7.57. The van der Waals surface area contributed by atoms with Crippen LogP contribution in [0.15, 0.2) is 0 Å². The van der Waals surface area contributed by atoms with E-state index < -0.39 is 0 Å². The minimum Gasteiger partial charge on any atom is -0.0654 e. The highest BCUT2D eigenvalue weighted by Gasteiger charge is 2.30. The molecule has 0 saturated heterocycles. The van der Waals surface area contributed by atoms with Gasteiger partial charge in [0.1, 0.15) is 0 Å². The lowest BCUT2D eigenvalue weighted by molar-refractivity contribution is 0.228. The maximum atomic E-state index is 2.53. The first-order valence-corrected chi connectivity index (χ1v) is 11.4. The molecule has 1 aliphatic carbocycles. The SMILES string of the molecule is CCCCC(C)CC(CCC(C)CC1CCC(C)C1C)C(C)CC. The zero-order valence-electron chi connectivity index (χ0n) is 18.1. The van der Waals surface area contributed by atoms with Crippen molar-refractivity contribution in [1.29, 1.82) is 0 Å². The van der Waals surface area contributed by atoms with Crippen LogP contribution in [0.2, 0.25) is 0 Å². The second kappa shape index (κ2) is 11.6. The Morgan fingerprint density at radius 1 is 0.875 bits per heavy atom. The molecule has 0 heteroatoms. The summed E-state index contributed by atoms with van der Waals surface area (Å²) >= 11 is 0. The van der Waals surface area contributed by atoms with E-state index in [1.807, 2.05) is 0 Å². The summed E-state index contributed by atoms with van der Waals surface area (Å²) in [7, 11) is 0. The van der Waals surface area contributed by atoms with Gasteiger partial charge in [0.25, 0.3) is 0 Å². The highest BCUT2D eigenvalue weighted by molar-refractivity contribution is 4.81. The van der Waals surface area contributed by atoms with Crippen molar-refractivity contribution in [2.75, 3.05) is 0 Å². The minimum absolute atomic E-state index is 0.909. The molecular weight excluding hydrogens is 288 g/mol. The van der Waals surface area contributed by atoms with Crippen LogP contribution in [0.4, 0.5) is 0 Å². The van der Waals surface area contributed by atoms with E-state index in [1.165, 1.54) is 64.2 Å². The van der Waals surface area contributed by atoms with Gasteiger partial charge in [-0.25, -0.2) is 0 Å². The van der Waals surface area contributed by atoms with Gasteiger partial charge in [0.05, 0.1) is 0 Å². The van der Waals surface area contributed by atoms with Gasteiger partial charge in [0.15, 0.2) is 0 Å². The van der Waals surface area contributed by atoms with Crippen molar-refractivity contribution in [3.63, 3.8) is 0 Å². The standard InChI is InChI=1S/C24H48/c1-8-10-11-18(3)16-23(20(5)9-2)14-12-19(4)17-24-15-13-21(6)22(24)7/h18-24H,8-17H2,1-7H3. The zero-order chi connectivity index (χ0) is 18.1. The molecule has 0 N–H and O–H groups in total. The highest BCUT2D eigenvalue weighted by atomic mass is 14.4. The summed E-state index contributed by atoms with van der Waals surface area (Å²) < 4.78 is 0. The molecule has 144 valence electrons. The Bertz CT molecular complexity index is 307. The molecule has 0 aromatic rings. The van der Waals surface area contributed by atoms with Gasteiger partial charge in [-0.05, 0) is 67.1 Å². The average molecular weight is 337 g/mol. The first-order chi connectivity index (χ1) is 11.4. The molecule has 1 fully saturated rings. The molecule has 24 heavy (non-hydrogen) atoms. The second-order valence-electron chi connectivity index (χ2n) is 9.72. The van der Waals surface area contributed by atoms with Gasteiger partial charge in [-0.3, -0.25) is 0 Å². The normalized spacial score (nSPS) is 29.4. The fraction of sp³-hybridized carbons (Fsp3) is 1.00. The topological polar surface area (TPSA) is 0 Å². The van der Waals surface area contributed by atoms with E-state index in [2.05, 4.69) is 48.5 Å². The molecule has 0 radical (unpaired) electrons. The van der Waals surface area contributed by atoms with E-state index in [9.17, 15) is 0 Å². The fourth-order valence-corrected chi connectivity index (χ4v) is 5.09. The molecule has 0 spiro atoms. The lowest BCUT2D eigenvalue weighted by Crippen LogP contribution is -2.17. The maximum absolute atomic E-state index is 2.53. The van der Waals surface area contributed by atoms with Crippen molar-refractivity contribution in [3.8, 4) is 0 Å². The second-order valence-corrected chi connectivity index (χ2v) is 9.72. The predicted molar refractivity (Wildman–Crippen MR) is 110 cm³/mol. The Morgan fingerprint density at radius 3 is 2.12 bits per heavy atom. The summed E-state index contributed by atoms with van der Waals surface area (Å²) in [6, 6.07) is 0. The molecule has 1 rings (SSSR count). The lowest BCUT2D eigenvalue weighted by Gasteiger charge is -2.28. The lowest BCUT2D eigenvalue weighted by atomic mass is 9.77. The van der Waals surface area contributed by atoms with E-state index in [0.29, 0.717) is 0 Å². The number of hydrogen-bond acceptors (Lipinski definition) is 0. The number of rotatable bonds is 12. The van der Waals surface area contributed by atoms with Gasteiger partial charge in [-0.1, -0.05) is 87.0 Å². The van der Waals surface area contributed by atoms with E-state index >= 15 is 0 Å². The Balaban J connectivity index is 2.40. The van der Waals surface area contributed by atoms with Crippen molar-refractivity contribution in [2.45, 2.75) is 113 Å². The van der Waals surface area contributed by atoms with Crippen molar-refractivity contribution in [1.82, 2.24) is 0 Å². The van der Waals surface area contributed by atoms with Crippen molar-refractivity contribution in [3.05, 3.63) is 0 Å². The summed E-state index contributed by atoms with van der Waals surface area (Å²) in [6.45, 7) is 17.2. The molecule has 0 heterocycles. The van der Waals surface area contributed by atoms with E-state index in [-0.39, 0.29) is 0 Å². The van der Waals surface area contributed by atoms with Crippen LogP contribution in [0.25, 0.3) is 0 Å². The summed E-state index contributed by atoms with van der Waals surface area (Å²) in [5, 5.41) is 0. The molecule has 7 unspecified atom stereocenters. The molecule has 0 aromatic heterocycles. The van der Waals surface area contributed by atoms with Crippen LogP contribution in [0.1, 0.15) is 113 Å². The molecular formula is C24H48. The molecule has 0 aliphatic heterocycles. The van der Waals surface area contributed by atoms with E-state index in [4.69, 9.17) is 0 Å². The summed E-state index contributed by atoms with van der Waals surface area (Å²) in [5.74, 6) is 6.67. The number of unbranched alkanes of at least 4 members (excludes halogenated alkanes) is 1. The van der Waals surface area contributed by atoms with Crippen LogP contribution < -0.4 is 0 Å². The molecule has 0 amide bonds. The summed E-state index contributed by atoms with van der Waals surface area (Å²) in [4.78, 5) is 0. The summed E-state index contributed by atoms with van der Waals surface area (Å²) in [5.41, 5.74) is 0. The van der Waals surface area contributed by atoms with Crippen molar-refractivity contribution < 1.29 is 0 Å². The van der Waals surface area contributed by atoms with Crippen LogP contribution in [0, 0.1) is 41.4 Å². The zero-order valence-corrected chi connectivity index (χ0v) is 18.1. The maximum Gasteiger partial charge on any atom is -0.0383 e. The molecule has 0 nitrogen and oxygen atoms in total. The Labute approximate surface area is 154 Å². The summed E-state index contributed by atoms with van der Waals surface area (Å²) in [6.07, 6.45) is 14.4. The largest absolute Gasteiger partial charge is 0.0654 e. The Kier molecular flexibility index (Phi) is 10.6.